The molecule has 5 heteroatoms. The lowest BCUT2D eigenvalue weighted by atomic mass is 9.78. The van der Waals surface area contributed by atoms with Crippen molar-refractivity contribution >= 4 is 11.6 Å². The van der Waals surface area contributed by atoms with Gasteiger partial charge in [0.2, 0.25) is 0 Å². The van der Waals surface area contributed by atoms with Crippen LogP contribution in [-0.4, -0.2) is 49.8 Å². The Hall–Kier alpha value is -1.59. The zero-order valence-corrected chi connectivity index (χ0v) is 16.7. The fraction of sp³-hybridized carbons (Fsp3) is 0.667. The van der Waals surface area contributed by atoms with Gasteiger partial charge in [-0.1, -0.05) is 27.2 Å². The third-order valence-corrected chi connectivity index (χ3v) is 5.44. The summed E-state index contributed by atoms with van der Waals surface area (Å²) < 4.78 is 11.5. The quantitative estimate of drug-likeness (QED) is 0.723. The maximum absolute atomic E-state index is 12.8. The van der Waals surface area contributed by atoms with Crippen LogP contribution in [0, 0.1) is 5.92 Å². The summed E-state index contributed by atoms with van der Waals surface area (Å²) in [6.07, 6.45) is 3.76. The molecule has 2 atom stereocenters. The molecule has 1 aliphatic rings. The van der Waals surface area contributed by atoms with Crippen molar-refractivity contribution in [1.29, 1.82) is 0 Å². The van der Waals surface area contributed by atoms with Crippen LogP contribution < -0.4 is 10.1 Å². The predicted octanol–water partition coefficient (Wildman–Crippen LogP) is 3.94. The monoisotopic (exact) mass is 362 g/mol. The molecule has 0 aromatic heterocycles. The van der Waals surface area contributed by atoms with E-state index in [0.29, 0.717) is 12.5 Å². The number of rotatable bonds is 9. The summed E-state index contributed by atoms with van der Waals surface area (Å²) in [4.78, 5) is 15.1. The minimum absolute atomic E-state index is 0.0400. The standard InChI is InChI=1S/C21H34N2O3/c1-5-23(6-2)14-15-26-19-11-9-18(10-12-19)22-20(24)21(25-4)13-7-8-17(3)16-21/h9-12,17H,5-8,13-16H2,1-4H3,(H,22,24). The van der Waals surface area contributed by atoms with E-state index in [1.165, 1.54) is 0 Å². The van der Waals surface area contributed by atoms with Gasteiger partial charge < -0.3 is 19.7 Å². The zero-order valence-electron chi connectivity index (χ0n) is 16.7. The van der Waals surface area contributed by atoms with Crippen molar-refractivity contribution in [1.82, 2.24) is 4.90 Å². The third kappa shape index (κ3) is 5.45. The van der Waals surface area contributed by atoms with Crippen LogP contribution in [0.25, 0.3) is 0 Å². The second kappa shape index (κ2) is 9.93. The lowest BCUT2D eigenvalue weighted by Crippen LogP contribution is -2.47. The highest BCUT2D eigenvalue weighted by Gasteiger charge is 2.41. The van der Waals surface area contributed by atoms with Crippen molar-refractivity contribution < 1.29 is 14.3 Å². The summed E-state index contributed by atoms with van der Waals surface area (Å²) in [5.41, 5.74) is 0.0807. The molecule has 0 aliphatic heterocycles. The number of ether oxygens (including phenoxy) is 2. The number of carbonyl (C=O) groups excluding carboxylic acids is 1. The molecule has 1 saturated carbocycles. The van der Waals surface area contributed by atoms with Gasteiger partial charge in [-0.2, -0.15) is 0 Å². The summed E-state index contributed by atoms with van der Waals surface area (Å²) in [5.74, 6) is 1.29. The van der Waals surface area contributed by atoms with E-state index >= 15 is 0 Å². The minimum Gasteiger partial charge on any atom is -0.492 e. The number of hydrogen-bond acceptors (Lipinski definition) is 4. The molecule has 1 aliphatic carbocycles. The molecule has 0 heterocycles. The van der Waals surface area contributed by atoms with E-state index in [1.807, 2.05) is 24.3 Å². The van der Waals surface area contributed by atoms with Crippen molar-refractivity contribution in [3.63, 3.8) is 0 Å². The molecular formula is C21H34N2O3. The molecule has 1 aromatic carbocycles. The second-order valence-electron chi connectivity index (χ2n) is 7.25. The molecule has 146 valence electrons. The first-order chi connectivity index (χ1) is 12.5. The zero-order chi connectivity index (χ0) is 19.0. The Labute approximate surface area is 158 Å². The molecule has 26 heavy (non-hydrogen) atoms. The molecule has 1 N–H and O–H groups in total. The van der Waals surface area contributed by atoms with E-state index in [4.69, 9.17) is 9.47 Å². The summed E-state index contributed by atoms with van der Waals surface area (Å²) in [6, 6.07) is 7.59. The van der Waals surface area contributed by atoms with Crippen LogP contribution in [0.5, 0.6) is 5.75 Å². The van der Waals surface area contributed by atoms with Crippen molar-refractivity contribution in [2.75, 3.05) is 38.7 Å². The Morgan fingerprint density at radius 3 is 2.54 bits per heavy atom. The van der Waals surface area contributed by atoms with Crippen LogP contribution in [0.1, 0.15) is 46.5 Å². The van der Waals surface area contributed by atoms with Gasteiger partial charge in [-0.05, 0) is 62.5 Å². The maximum atomic E-state index is 12.8. The number of benzene rings is 1. The van der Waals surface area contributed by atoms with Crippen molar-refractivity contribution in [3.8, 4) is 5.75 Å². The highest BCUT2D eigenvalue weighted by Crippen LogP contribution is 2.35. The van der Waals surface area contributed by atoms with E-state index < -0.39 is 5.60 Å². The van der Waals surface area contributed by atoms with Gasteiger partial charge in [0, 0.05) is 19.3 Å². The summed E-state index contributed by atoms with van der Waals surface area (Å²) in [5, 5.41) is 3.02. The molecule has 5 nitrogen and oxygen atoms in total. The van der Waals surface area contributed by atoms with Crippen LogP contribution in [0.15, 0.2) is 24.3 Å². The predicted molar refractivity (Wildman–Crippen MR) is 106 cm³/mol. The van der Waals surface area contributed by atoms with E-state index in [9.17, 15) is 4.79 Å². The van der Waals surface area contributed by atoms with Crippen molar-refractivity contribution in [3.05, 3.63) is 24.3 Å². The number of carbonyl (C=O) groups is 1. The van der Waals surface area contributed by atoms with Crippen molar-refractivity contribution in [2.24, 2.45) is 5.92 Å². The topological polar surface area (TPSA) is 50.8 Å². The Morgan fingerprint density at radius 2 is 1.96 bits per heavy atom. The average Bonchev–Trinajstić information content (AvgIpc) is 2.66. The van der Waals surface area contributed by atoms with Crippen LogP contribution >= 0.6 is 0 Å². The molecule has 0 bridgehead atoms. The van der Waals surface area contributed by atoms with E-state index in [1.54, 1.807) is 7.11 Å². The molecule has 1 amide bonds. The van der Waals surface area contributed by atoms with Gasteiger partial charge >= 0.3 is 0 Å². The normalized spacial score (nSPS) is 23.0. The van der Waals surface area contributed by atoms with E-state index in [-0.39, 0.29) is 5.91 Å². The number of nitrogens with one attached hydrogen (secondary N) is 1. The average molecular weight is 363 g/mol. The first kappa shape index (κ1) is 20.7. The molecule has 1 aromatic rings. The van der Waals surface area contributed by atoms with Crippen LogP contribution in [0.2, 0.25) is 0 Å². The molecular weight excluding hydrogens is 328 g/mol. The lowest BCUT2D eigenvalue weighted by molar-refractivity contribution is -0.143. The van der Waals surface area contributed by atoms with E-state index in [0.717, 1.165) is 56.8 Å². The SMILES string of the molecule is CCN(CC)CCOc1ccc(NC(=O)C2(OC)CCCC(C)C2)cc1. The fourth-order valence-corrected chi connectivity index (χ4v) is 3.70. The van der Waals surface area contributed by atoms with Gasteiger partial charge in [0.25, 0.3) is 5.91 Å². The van der Waals surface area contributed by atoms with Crippen molar-refractivity contribution in [2.45, 2.75) is 52.1 Å². The molecule has 0 spiro atoms. The largest absolute Gasteiger partial charge is 0.492 e. The molecule has 0 saturated heterocycles. The van der Waals surface area contributed by atoms with Crippen LogP contribution in [0.3, 0.4) is 0 Å². The second-order valence-corrected chi connectivity index (χ2v) is 7.25. The summed E-state index contributed by atoms with van der Waals surface area (Å²) in [6.45, 7) is 10.1. The Kier molecular flexibility index (Phi) is 7.91. The molecule has 1 fully saturated rings. The summed E-state index contributed by atoms with van der Waals surface area (Å²) in [7, 11) is 1.64. The number of nitrogens with zero attached hydrogens (tertiary/aromatic N) is 1. The molecule has 2 unspecified atom stereocenters. The number of amides is 1. The number of methoxy groups -OCH3 is 1. The van der Waals surface area contributed by atoms with Crippen LogP contribution in [0.4, 0.5) is 5.69 Å². The van der Waals surface area contributed by atoms with Gasteiger partial charge in [-0.3, -0.25) is 4.79 Å². The van der Waals surface area contributed by atoms with Crippen LogP contribution in [-0.2, 0) is 9.53 Å². The van der Waals surface area contributed by atoms with Gasteiger partial charge in [0.05, 0.1) is 0 Å². The maximum Gasteiger partial charge on any atom is 0.256 e. The van der Waals surface area contributed by atoms with Gasteiger partial charge in [0.15, 0.2) is 0 Å². The first-order valence-corrected chi connectivity index (χ1v) is 9.84. The minimum atomic E-state index is -0.698. The number of anilines is 1. The first-order valence-electron chi connectivity index (χ1n) is 9.84. The lowest BCUT2D eigenvalue weighted by Gasteiger charge is -2.37. The third-order valence-electron chi connectivity index (χ3n) is 5.44. The smallest absolute Gasteiger partial charge is 0.256 e. The van der Waals surface area contributed by atoms with Gasteiger partial charge in [-0.15, -0.1) is 0 Å². The highest BCUT2D eigenvalue weighted by molar-refractivity contribution is 5.97. The fourth-order valence-electron chi connectivity index (χ4n) is 3.70. The molecule has 0 radical (unpaired) electrons. The summed E-state index contributed by atoms with van der Waals surface area (Å²) >= 11 is 0. The van der Waals surface area contributed by atoms with Gasteiger partial charge in [0.1, 0.15) is 18.0 Å². The van der Waals surface area contributed by atoms with Gasteiger partial charge in [-0.25, -0.2) is 0 Å². The Bertz CT molecular complexity index is 557. The Balaban J connectivity index is 1.88. The number of hydrogen-bond donors (Lipinski definition) is 1. The highest BCUT2D eigenvalue weighted by atomic mass is 16.5. The van der Waals surface area contributed by atoms with E-state index in [2.05, 4.69) is 31.0 Å². The number of likely N-dealkylation sites (N-methyl/N-ethyl adjacent to an activating group) is 1. The Morgan fingerprint density at radius 1 is 1.27 bits per heavy atom. The molecule has 2 rings (SSSR count).